The maximum atomic E-state index is 6.52. The molecule has 4 heteroatoms. The molecule has 0 N–H and O–H groups in total. The van der Waals surface area contributed by atoms with E-state index in [2.05, 4.69) is 133 Å². The largest absolute Gasteiger partial charge is 0.456 e. The van der Waals surface area contributed by atoms with E-state index < -0.39 is 0 Å². The van der Waals surface area contributed by atoms with Crippen LogP contribution in [0.25, 0.3) is 130 Å². The van der Waals surface area contributed by atoms with Crippen molar-refractivity contribution in [2.24, 2.45) is 0 Å². The second kappa shape index (κ2) is 10.4. The first-order valence-electron chi connectivity index (χ1n) is 18.2. The van der Waals surface area contributed by atoms with Gasteiger partial charge in [0, 0.05) is 52.5 Å². The highest BCUT2D eigenvalue weighted by molar-refractivity contribution is 7.26. The second-order valence-corrected chi connectivity index (χ2v) is 15.4. The van der Waals surface area contributed by atoms with E-state index in [4.69, 9.17) is 13.3 Å². The number of furan rings is 3. The first-order valence-corrected chi connectivity index (χ1v) is 19.1. The van der Waals surface area contributed by atoms with Gasteiger partial charge in [0.15, 0.2) is 0 Å². The molecule has 0 atom stereocenters. The molecule has 3 nitrogen and oxygen atoms in total. The van der Waals surface area contributed by atoms with Gasteiger partial charge in [0.2, 0.25) is 0 Å². The Morgan fingerprint density at radius 1 is 0.278 bits per heavy atom. The van der Waals surface area contributed by atoms with Crippen molar-refractivity contribution in [2.45, 2.75) is 0 Å². The number of hydrogen-bond donors (Lipinski definition) is 0. The summed E-state index contributed by atoms with van der Waals surface area (Å²) in [5.41, 5.74) is 10.1. The normalized spacial score (nSPS) is 12.4. The summed E-state index contributed by atoms with van der Waals surface area (Å²) in [5, 5.41) is 14.1. The lowest BCUT2D eigenvalue weighted by Crippen LogP contribution is -1.90. The average Bonchev–Trinajstić information content (AvgIpc) is 3.98. The molecule has 13 aromatic rings. The molecule has 9 aromatic carbocycles. The van der Waals surface area contributed by atoms with Gasteiger partial charge in [-0.2, -0.15) is 0 Å². The molecule has 0 bridgehead atoms. The van der Waals surface area contributed by atoms with Gasteiger partial charge in [0.25, 0.3) is 0 Å². The second-order valence-electron chi connectivity index (χ2n) is 14.3. The molecule has 0 saturated carbocycles. The fourth-order valence-corrected chi connectivity index (χ4v) is 10.3. The van der Waals surface area contributed by atoms with Gasteiger partial charge < -0.3 is 13.3 Å². The van der Waals surface area contributed by atoms with Crippen molar-refractivity contribution in [3.8, 4) is 22.3 Å². The van der Waals surface area contributed by atoms with Crippen molar-refractivity contribution >= 4 is 119 Å². The minimum Gasteiger partial charge on any atom is -0.456 e. The molecule has 0 radical (unpaired) electrons. The van der Waals surface area contributed by atoms with Crippen LogP contribution in [-0.4, -0.2) is 0 Å². The number of thiophene rings is 1. The summed E-state index contributed by atoms with van der Waals surface area (Å²) in [6.07, 6.45) is 0. The predicted molar refractivity (Wildman–Crippen MR) is 227 cm³/mol. The summed E-state index contributed by atoms with van der Waals surface area (Å²) in [7, 11) is 0. The fraction of sp³-hybridized carbons (Fsp3) is 0. The number of fused-ring (bicyclic) bond motifs is 16. The Labute approximate surface area is 310 Å². The fourth-order valence-electron chi connectivity index (χ4n) is 9.23. The molecule has 0 aliphatic carbocycles. The highest BCUT2D eigenvalue weighted by Crippen LogP contribution is 2.48. The summed E-state index contributed by atoms with van der Waals surface area (Å²) < 4.78 is 21.9. The van der Waals surface area contributed by atoms with Crippen LogP contribution in [-0.2, 0) is 0 Å². The average molecular weight is 707 g/mol. The minimum atomic E-state index is 0.862. The maximum absolute atomic E-state index is 6.52. The number of hydrogen-bond acceptors (Lipinski definition) is 4. The first-order chi connectivity index (χ1) is 26.8. The third-order valence-electron chi connectivity index (χ3n) is 11.5. The number of para-hydroxylation sites is 1. The van der Waals surface area contributed by atoms with E-state index in [1.807, 2.05) is 35.6 Å². The minimum absolute atomic E-state index is 0.862. The Bertz CT molecular complexity index is 3440. The molecule has 4 aromatic heterocycles. The van der Waals surface area contributed by atoms with Gasteiger partial charge in [-0.3, -0.25) is 0 Å². The van der Waals surface area contributed by atoms with Crippen molar-refractivity contribution in [3.63, 3.8) is 0 Å². The lowest BCUT2D eigenvalue weighted by atomic mass is 9.85. The quantitative estimate of drug-likeness (QED) is 0.168. The molecule has 4 heterocycles. The zero-order valence-corrected chi connectivity index (χ0v) is 29.5. The van der Waals surface area contributed by atoms with Gasteiger partial charge in [0.05, 0.1) is 0 Å². The van der Waals surface area contributed by atoms with Crippen molar-refractivity contribution in [1.82, 2.24) is 0 Å². The topological polar surface area (TPSA) is 39.4 Å². The zero-order valence-electron chi connectivity index (χ0n) is 28.6. The first kappa shape index (κ1) is 28.7. The van der Waals surface area contributed by atoms with Crippen molar-refractivity contribution in [1.29, 1.82) is 0 Å². The van der Waals surface area contributed by atoms with E-state index in [0.29, 0.717) is 0 Å². The Hall–Kier alpha value is -6.88. The van der Waals surface area contributed by atoms with E-state index in [-0.39, 0.29) is 0 Å². The number of benzene rings is 9. The summed E-state index contributed by atoms with van der Waals surface area (Å²) in [6, 6.07) is 56.5. The van der Waals surface area contributed by atoms with Gasteiger partial charge >= 0.3 is 0 Å². The van der Waals surface area contributed by atoms with Gasteiger partial charge in [-0.05, 0) is 104 Å². The lowest BCUT2D eigenvalue weighted by molar-refractivity contribution is 0.663. The van der Waals surface area contributed by atoms with Gasteiger partial charge in [-0.25, -0.2) is 0 Å². The molecule has 54 heavy (non-hydrogen) atoms. The maximum Gasteiger partial charge on any atom is 0.136 e. The van der Waals surface area contributed by atoms with Crippen LogP contribution in [0, 0.1) is 0 Å². The molecule has 0 amide bonds. The van der Waals surface area contributed by atoms with Crippen molar-refractivity contribution in [3.05, 3.63) is 158 Å². The van der Waals surface area contributed by atoms with Gasteiger partial charge in [0.1, 0.15) is 33.5 Å². The van der Waals surface area contributed by atoms with E-state index >= 15 is 0 Å². The molecule has 250 valence electrons. The zero-order chi connectivity index (χ0) is 35.1. The molecule has 0 aliphatic rings. The molecular weight excluding hydrogens is 681 g/mol. The molecule has 0 spiro atoms. The third-order valence-corrected chi connectivity index (χ3v) is 12.6. The SMILES string of the molecule is c1ccc2c(c1)oc1ccc3oc4ccc(-c5c6ccccc6c(-c6ccc7oc8ccc9sc%10ccccc%10c9c8c7c6)c6ccccc56)cc4c3c12. The lowest BCUT2D eigenvalue weighted by Gasteiger charge is -2.18. The molecule has 0 saturated heterocycles. The summed E-state index contributed by atoms with van der Waals surface area (Å²) in [6.45, 7) is 0. The molecule has 0 fully saturated rings. The standard InChI is InChI=1S/C50H26O3S/c1-3-11-31-29(9-1)45(27-17-19-38-35(25-27)48-41(52-38)22-21-40-47(48)33-13-5-7-15-37(33)51-40)30-10-2-4-12-32(30)46(31)28-18-20-39-36(26-28)49-42(53-39)23-24-44-50(49)34-14-6-8-16-43(34)54-44/h1-26H. The van der Waals surface area contributed by atoms with E-state index in [9.17, 15) is 0 Å². The monoisotopic (exact) mass is 706 g/mol. The van der Waals surface area contributed by atoms with Crippen LogP contribution in [0.3, 0.4) is 0 Å². The predicted octanol–water partition coefficient (Wildman–Crippen LogP) is 15.4. The Morgan fingerprint density at radius 2 is 0.685 bits per heavy atom. The number of rotatable bonds is 2. The third kappa shape index (κ3) is 3.75. The van der Waals surface area contributed by atoms with Crippen molar-refractivity contribution < 1.29 is 13.3 Å². The van der Waals surface area contributed by atoms with Crippen LogP contribution in [0.1, 0.15) is 0 Å². The summed E-state index contributed by atoms with van der Waals surface area (Å²) in [4.78, 5) is 0. The van der Waals surface area contributed by atoms with Crippen LogP contribution >= 0.6 is 11.3 Å². The highest BCUT2D eigenvalue weighted by Gasteiger charge is 2.21. The van der Waals surface area contributed by atoms with Crippen LogP contribution < -0.4 is 0 Å². The highest BCUT2D eigenvalue weighted by atomic mass is 32.1. The smallest absolute Gasteiger partial charge is 0.136 e. The van der Waals surface area contributed by atoms with Crippen LogP contribution in [0.2, 0.25) is 0 Å². The van der Waals surface area contributed by atoms with E-state index in [1.165, 1.54) is 63.8 Å². The van der Waals surface area contributed by atoms with E-state index in [0.717, 1.165) is 66.0 Å². The van der Waals surface area contributed by atoms with Crippen LogP contribution in [0.5, 0.6) is 0 Å². The Balaban J connectivity index is 1.10. The van der Waals surface area contributed by atoms with Crippen LogP contribution in [0.4, 0.5) is 0 Å². The van der Waals surface area contributed by atoms with Crippen molar-refractivity contribution in [2.75, 3.05) is 0 Å². The summed E-state index contributed by atoms with van der Waals surface area (Å²) in [5.74, 6) is 0. The summed E-state index contributed by atoms with van der Waals surface area (Å²) >= 11 is 1.84. The van der Waals surface area contributed by atoms with Gasteiger partial charge in [-0.1, -0.05) is 97.1 Å². The Kier molecular flexibility index (Phi) is 5.51. The Morgan fingerprint density at radius 3 is 1.26 bits per heavy atom. The van der Waals surface area contributed by atoms with Crippen LogP contribution in [0.15, 0.2) is 171 Å². The molecular formula is C50H26O3S. The van der Waals surface area contributed by atoms with E-state index in [1.54, 1.807) is 0 Å². The van der Waals surface area contributed by atoms with Gasteiger partial charge in [-0.15, -0.1) is 11.3 Å². The molecule has 0 aliphatic heterocycles. The molecule has 13 rings (SSSR count). The molecule has 0 unspecified atom stereocenters.